The first-order chi connectivity index (χ1) is 12.7. The molecule has 4 nitrogen and oxygen atoms in total. The first kappa shape index (κ1) is 18.5. The topological polar surface area (TPSA) is 47.0 Å². The molecule has 0 saturated heterocycles. The van der Waals surface area contributed by atoms with Gasteiger partial charge in [0, 0.05) is 0 Å². The fourth-order valence-electron chi connectivity index (χ4n) is 2.61. The van der Waals surface area contributed by atoms with Crippen molar-refractivity contribution in [2.45, 2.75) is 25.3 Å². The van der Waals surface area contributed by atoms with Gasteiger partial charge < -0.3 is 10.1 Å². The molecular weight excluding hydrogens is 369 g/mol. The van der Waals surface area contributed by atoms with Crippen LogP contribution >= 0.6 is 23.2 Å². The lowest BCUT2D eigenvalue weighted by Gasteiger charge is -2.20. The fraction of sp³-hybridized carbons (Fsp3) is 0.200. The SMILES string of the molecule is CCC(Nc1ncnc(CCl)c1Cl)c1cccc(Oc2ccccc2)c1. The van der Waals surface area contributed by atoms with Gasteiger partial charge in [0.2, 0.25) is 0 Å². The number of benzene rings is 2. The van der Waals surface area contributed by atoms with Crippen molar-refractivity contribution in [3.8, 4) is 11.5 Å². The summed E-state index contributed by atoms with van der Waals surface area (Å²) in [7, 11) is 0. The summed E-state index contributed by atoms with van der Waals surface area (Å²) in [6.45, 7) is 2.10. The molecule has 0 aliphatic rings. The first-order valence-electron chi connectivity index (χ1n) is 8.36. The fourth-order valence-corrected chi connectivity index (χ4v) is 3.10. The molecule has 6 heteroatoms. The molecule has 3 aromatic rings. The third-order valence-corrected chi connectivity index (χ3v) is 4.60. The number of rotatable bonds is 7. The van der Waals surface area contributed by atoms with Crippen molar-refractivity contribution in [3.05, 3.63) is 77.2 Å². The second kappa shape index (κ2) is 8.88. The Labute approximate surface area is 163 Å². The van der Waals surface area contributed by atoms with Crippen molar-refractivity contribution < 1.29 is 4.74 Å². The smallest absolute Gasteiger partial charge is 0.149 e. The van der Waals surface area contributed by atoms with Gasteiger partial charge in [-0.2, -0.15) is 0 Å². The third kappa shape index (κ3) is 4.45. The first-order valence-corrected chi connectivity index (χ1v) is 9.27. The molecule has 3 rings (SSSR count). The molecule has 26 heavy (non-hydrogen) atoms. The molecule has 1 aromatic heterocycles. The Hall–Kier alpha value is -2.30. The van der Waals surface area contributed by atoms with Crippen molar-refractivity contribution in [3.63, 3.8) is 0 Å². The van der Waals surface area contributed by atoms with Gasteiger partial charge in [0.1, 0.15) is 28.7 Å². The number of nitrogens with one attached hydrogen (secondary N) is 1. The van der Waals surface area contributed by atoms with Crippen LogP contribution in [-0.2, 0) is 5.88 Å². The van der Waals surface area contributed by atoms with Crippen LogP contribution in [0.2, 0.25) is 5.02 Å². The molecular formula is C20H19Cl2N3O. The third-order valence-electron chi connectivity index (χ3n) is 3.95. The summed E-state index contributed by atoms with van der Waals surface area (Å²) in [4.78, 5) is 8.34. The van der Waals surface area contributed by atoms with Gasteiger partial charge in [-0.1, -0.05) is 48.9 Å². The Morgan fingerprint density at radius 1 is 1.04 bits per heavy atom. The number of para-hydroxylation sites is 1. The van der Waals surface area contributed by atoms with Crippen molar-refractivity contribution in [2.75, 3.05) is 5.32 Å². The molecule has 1 unspecified atom stereocenters. The molecule has 0 amide bonds. The maximum Gasteiger partial charge on any atom is 0.149 e. The number of hydrogen-bond donors (Lipinski definition) is 1. The normalized spacial score (nSPS) is 11.8. The summed E-state index contributed by atoms with van der Waals surface area (Å²) in [5, 5.41) is 3.84. The highest BCUT2D eigenvalue weighted by atomic mass is 35.5. The van der Waals surface area contributed by atoms with Crippen LogP contribution in [0.15, 0.2) is 60.9 Å². The largest absolute Gasteiger partial charge is 0.457 e. The van der Waals surface area contributed by atoms with E-state index in [1.165, 1.54) is 6.33 Å². The zero-order chi connectivity index (χ0) is 18.4. The molecule has 134 valence electrons. The molecule has 0 radical (unpaired) electrons. The Bertz CT molecular complexity index is 859. The summed E-state index contributed by atoms with van der Waals surface area (Å²) >= 11 is 12.2. The van der Waals surface area contributed by atoms with Crippen molar-refractivity contribution in [2.24, 2.45) is 0 Å². The van der Waals surface area contributed by atoms with E-state index < -0.39 is 0 Å². The van der Waals surface area contributed by atoms with E-state index in [0.29, 0.717) is 16.5 Å². The molecule has 1 heterocycles. The molecule has 0 spiro atoms. The van der Waals surface area contributed by atoms with Gasteiger partial charge in [0.05, 0.1) is 17.6 Å². The average molecular weight is 388 g/mol. The number of hydrogen-bond acceptors (Lipinski definition) is 4. The van der Waals surface area contributed by atoms with Crippen LogP contribution in [0.25, 0.3) is 0 Å². The zero-order valence-electron chi connectivity index (χ0n) is 14.3. The Kier molecular flexibility index (Phi) is 6.31. The minimum absolute atomic E-state index is 0.0323. The predicted molar refractivity (Wildman–Crippen MR) is 106 cm³/mol. The number of ether oxygens (including phenoxy) is 1. The van der Waals surface area contributed by atoms with E-state index in [9.17, 15) is 0 Å². The summed E-state index contributed by atoms with van der Waals surface area (Å²) < 4.78 is 5.93. The van der Waals surface area contributed by atoms with E-state index in [0.717, 1.165) is 23.5 Å². The van der Waals surface area contributed by atoms with Crippen molar-refractivity contribution in [1.82, 2.24) is 9.97 Å². The molecule has 0 saturated carbocycles. The Balaban J connectivity index is 1.81. The van der Waals surface area contributed by atoms with E-state index in [-0.39, 0.29) is 11.9 Å². The quantitative estimate of drug-likeness (QED) is 0.488. The van der Waals surface area contributed by atoms with Crippen LogP contribution in [0.5, 0.6) is 11.5 Å². The van der Waals surface area contributed by atoms with E-state index in [1.54, 1.807) is 0 Å². The number of halogens is 2. The maximum absolute atomic E-state index is 6.34. The summed E-state index contributed by atoms with van der Waals surface area (Å²) in [5.74, 6) is 2.41. The molecule has 0 aliphatic heterocycles. The lowest BCUT2D eigenvalue weighted by atomic mass is 10.0. The standard InChI is InChI=1S/C20H19Cl2N3O/c1-2-17(25-20-19(22)18(12-21)23-13-24-20)14-7-6-10-16(11-14)26-15-8-4-3-5-9-15/h3-11,13,17H,2,12H2,1H3,(H,23,24,25). The van der Waals surface area contributed by atoms with Gasteiger partial charge >= 0.3 is 0 Å². The van der Waals surface area contributed by atoms with Gasteiger partial charge in [0.15, 0.2) is 0 Å². The highest BCUT2D eigenvalue weighted by Crippen LogP contribution is 2.30. The maximum atomic E-state index is 6.34. The second-order valence-corrected chi connectivity index (χ2v) is 6.35. The molecule has 1 N–H and O–H groups in total. The van der Waals surface area contributed by atoms with Crippen LogP contribution in [0.3, 0.4) is 0 Å². The van der Waals surface area contributed by atoms with E-state index >= 15 is 0 Å². The molecule has 1 atom stereocenters. The highest BCUT2D eigenvalue weighted by Gasteiger charge is 2.15. The number of aromatic nitrogens is 2. The number of alkyl halides is 1. The van der Waals surface area contributed by atoms with Gasteiger partial charge in [-0.15, -0.1) is 11.6 Å². The van der Waals surface area contributed by atoms with Crippen LogP contribution in [0.4, 0.5) is 5.82 Å². The number of anilines is 1. The van der Waals surface area contributed by atoms with Gasteiger partial charge in [-0.25, -0.2) is 9.97 Å². The lowest BCUT2D eigenvalue weighted by Crippen LogP contribution is -2.12. The minimum atomic E-state index is 0.0323. The van der Waals surface area contributed by atoms with E-state index in [2.05, 4.69) is 28.3 Å². The van der Waals surface area contributed by atoms with Crippen LogP contribution in [-0.4, -0.2) is 9.97 Å². The summed E-state index contributed by atoms with van der Waals surface area (Å²) in [5.41, 5.74) is 1.70. The number of nitrogens with zero attached hydrogens (tertiary/aromatic N) is 2. The average Bonchev–Trinajstić information content (AvgIpc) is 2.68. The monoisotopic (exact) mass is 387 g/mol. The highest BCUT2D eigenvalue weighted by molar-refractivity contribution is 6.34. The molecule has 0 aliphatic carbocycles. The predicted octanol–water partition coefficient (Wildman–Crippen LogP) is 6.22. The van der Waals surface area contributed by atoms with Gasteiger partial charge in [-0.05, 0) is 36.2 Å². The Morgan fingerprint density at radius 3 is 2.54 bits per heavy atom. The van der Waals surface area contributed by atoms with Gasteiger partial charge in [0.25, 0.3) is 0 Å². The van der Waals surface area contributed by atoms with Crippen molar-refractivity contribution >= 4 is 29.0 Å². The van der Waals surface area contributed by atoms with Crippen LogP contribution in [0, 0.1) is 0 Å². The molecule has 0 fully saturated rings. The molecule has 2 aromatic carbocycles. The minimum Gasteiger partial charge on any atom is -0.457 e. The van der Waals surface area contributed by atoms with Crippen molar-refractivity contribution in [1.29, 1.82) is 0 Å². The van der Waals surface area contributed by atoms with E-state index in [1.807, 2.05) is 48.5 Å². The lowest BCUT2D eigenvalue weighted by molar-refractivity contribution is 0.481. The van der Waals surface area contributed by atoms with Gasteiger partial charge in [-0.3, -0.25) is 0 Å². The summed E-state index contributed by atoms with van der Waals surface area (Å²) in [6, 6.07) is 17.7. The Morgan fingerprint density at radius 2 is 1.81 bits per heavy atom. The zero-order valence-corrected chi connectivity index (χ0v) is 15.8. The van der Waals surface area contributed by atoms with Crippen LogP contribution in [0.1, 0.15) is 30.6 Å². The second-order valence-electron chi connectivity index (χ2n) is 5.71. The molecule has 0 bridgehead atoms. The summed E-state index contributed by atoms with van der Waals surface area (Å²) in [6.07, 6.45) is 2.32. The van der Waals surface area contributed by atoms with Crippen LogP contribution < -0.4 is 10.1 Å². The van der Waals surface area contributed by atoms with E-state index in [4.69, 9.17) is 27.9 Å².